The summed E-state index contributed by atoms with van der Waals surface area (Å²) in [6.07, 6.45) is 0. The maximum Gasteiger partial charge on any atom is 0.242 e. The number of hydrogen-bond donors (Lipinski definition) is 3. The largest absolute Gasteiger partial charge is 0.396 e. The lowest BCUT2D eigenvalue weighted by Gasteiger charge is -2.21. The minimum Gasteiger partial charge on any atom is -0.396 e. The lowest BCUT2D eigenvalue weighted by atomic mass is 10.0. The molecule has 0 spiro atoms. The Morgan fingerprint density at radius 2 is 1.73 bits per heavy atom. The third-order valence-corrected chi connectivity index (χ3v) is 2.32. The van der Waals surface area contributed by atoms with Crippen LogP contribution in [0, 0.1) is 5.92 Å². The standard InChI is InChI=1S/C10H20N2O3/c1-6(5-13)7(2)12-10(15)8(3)11-9(4)14/h6-8,13H,5H2,1-4H3,(H,11,14)(H,12,15). The number of carbonyl (C=O) groups excluding carboxylic acids is 2. The minimum atomic E-state index is -0.546. The van der Waals surface area contributed by atoms with Crippen molar-refractivity contribution in [3.63, 3.8) is 0 Å². The molecule has 0 aliphatic heterocycles. The van der Waals surface area contributed by atoms with Gasteiger partial charge >= 0.3 is 0 Å². The van der Waals surface area contributed by atoms with Crippen molar-refractivity contribution in [1.82, 2.24) is 10.6 Å². The van der Waals surface area contributed by atoms with E-state index in [-0.39, 0.29) is 30.4 Å². The van der Waals surface area contributed by atoms with E-state index in [0.717, 1.165) is 0 Å². The van der Waals surface area contributed by atoms with Gasteiger partial charge in [0.2, 0.25) is 11.8 Å². The van der Waals surface area contributed by atoms with Gasteiger partial charge in [0.05, 0.1) is 0 Å². The lowest BCUT2D eigenvalue weighted by molar-refractivity contribution is -0.128. The van der Waals surface area contributed by atoms with E-state index in [4.69, 9.17) is 5.11 Å². The van der Waals surface area contributed by atoms with Gasteiger partial charge in [-0.1, -0.05) is 6.92 Å². The molecule has 0 fully saturated rings. The first kappa shape index (κ1) is 13.9. The van der Waals surface area contributed by atoms with Gasteiger partial charge in [0, 0.05) is 19.6 Å². The number of aliphatic hydroxyl groups is 1. The molecule has 0 aromatic heterocycles. The number of aliphatic hydroxyl groups excluding tert-OH is 1. The molecule has 0 rings (SSSR count). The smallest absolute Gasteiger partial charge is 0.242 e. The van der Waals surface area contributed by atoms with Gasteiger partial charge in [0.25, 0.3) is 0 Å². The fourth-order valence-corrected chi connectivity index (χ4v) is 1.02. The molecule has 0 radical (unpaired) electrons. The zero-order chi connectivity index (χ0) is 12.0. The maximum atomic E-state index is 11.5. The monoisotopic (exact) mass is 216 g/mol. The van der Waals surface area contributed by atoms with Crippen LogP contribution in [0.4, 0.5) is 0 Å². The zero-order valence-electron chi connectivity index (χ0n) is 9.70. The van der Waals surface area contributed by atoms with Gasteiger partial charge in [0.1, 0.15) is 6.04 Å². The van der Waals surface area contributed by atoms with Crippen molar-refractivity contribution in [2.75, 3.05) is 6.61 Å². The average molecular weight is 216 g/mol. The van der Waals surface area contributed by atoms with E-state index in [0.29, 0.717) is 0 Å². The molecule has 0 aliphatic rings. The Morgan fingerprint density at radius 3 is 2.13 bits per heavy atom. The Bertz CT molecular complexity index is 231. The summed E-state index contributed by atoms with van der Waals surface area (Å²) in [6, 6.07) is -0.658. The van der Waals surface area contributed by atoms with Crippen LogP contribution >= 0.6 is 0 Å². The van der Waals surface area contributed by atoms with Gasteiger partial charge in [-0.05, 0) is 19.8 Å². The summed E-state index contributed by atoms with van der Waals surface area (Å²) in [6.45, 7) is 6.67. The third kappa shape index (κ3) is 5.37. The summed E-state index contributed by atoms with van der Waals surface area (Å²) in [5.74, 6) is -0.475. The van der Waals surface area contributed by atoms with Crippen molar-refractivity contribution in [2.45, 2.75) is 39.8 Å². The molecule has 0 aromatic carbocycles. The van der Waals surface area contributed by atoms with E-state index >= 15 is 0 Å². The van der Waals surface area contributed by atoms with Crippen LogP contribution in [-0.2, 0) is 9.59 Å². The predicted octanol–water partition coefficient (Wildman–Crippen LogP) is -0.356. The van der Waals surface area contributed by atoms with Crippen LogP contribution in [0.25, 0.3) is 0 Å². The predicted molar refractivity (Wildman–Crippen MR) is 57.1 cm³/mol. The van der Waals surface area contributed by atoms with E-state index in [1.54, 1.807) is 6.92 Å². The second-order valence-electron chi connectivity index (χ2n) is 3.88. The van der Waals surface area contributed by atoms with E-state index in [1.807, 2.05) is 13.8 Å². The van der Waals surface area contributed by atoms with E-state index < -0.39 is 6.04 Å². The highest BCUT2D eigenvalue weighted by Crippen LogP contribution is 2.00. The molecular weight excluding hydrogens is 196 g/mol. The van der Waals surface area contributed by atoms with Crippen molar-refractivity contribution < 1.29 is 14.7 Å². The summed E-state index contributed by atoms with van der Waals surface area (Å²) in [5.41, 5.74) is 0. The van der Waals surface area contributed by atoms with E-state index in [9.17, 15) is 9.59 Å². The molecule has 3 unspecified atom stereocenters. The van der Waals surface area contributed by atoms with Gasteiger partial charge in [0.15, 0.2) is 0 Å². The van der Waals surface area contributed by atoms with Crippen molar-refractivity contribution in [1.29, 1.82) is 0 Å². The van der Waals surface area contributed by atoms with Crippen molar-refractivity contribution in [3.05, 3.63) is 0 Å². The van der Waals surface area contributed by atoms with Crippen LogP contribution < -0.4 is 10.6 Å². The second-order valence-corrected chi connectivity index (χ2v) is 3.88. The van der Waals surface area contributed by atoms with Gasteiger partial charge in [-0.2, -0.15) is 0 Å². The number of carbonyl (C=O) groups is 2. The highest BCUT2D eigenvalue weighted by molar-refractivity contribution is 5.86. The molecule has 3 N–H and O–H groups in total. The first-order valence-corrected chi connectivity index (χ1v) is 5.06. The molecule has 88 valence electrons. The van der Waals surface area contributed by atoms with Crippen LogP contribution in [0.1, 0.15) is 27.7 Å². The fourth-order valence-electron chi connectivity index (χ4n) is 1.02. The Labute approximate surface area is 90.2 Å². The van der Waals surface area contributed by atoms with Crippen LogP contribution in [0.5, 0.6) is 0 Å². The molecule has 5 heteroatoms. The van der Waals surface area contributed by atoms with Gasteiger partial charge in [-0.3, -0.25) is 9.59 Å². The second kappa shape index (κ2) is 6.40. The highest BCUT2D eigenvalue weighted by atomic mass is 16.3. The van der Waals surface area contributed by atoms with Crippen LogP contribution in [0.2, 0.25) is 0 Å². The molecule has 15 heavy (non-hydrogen) atoms. The lowest BCUT2D eigenvalue weighted by Crippen LogP contribution is -2.48. The molecule has 0 saturated carbocycles. The molecule has 3 atom stereocenters. The minimum absolute atomic E-state index is 0.00141. The topological polar surface area (TPSA) is 78.4 Å². The zero-order valence-corrected chi connectivity index (χ0v) is 9.70. The highest BCUT2D eigenvalue weighted by Gasteiger charge is 2.18. The number of amides is 2. The molecule has 0 bridgehead atoms. The molecule has 0 heterocycles. The molecule has 0 saturated heterocycles. The third-order valence-electron chi connectivity index (χ3n) is 2.32. The Kier molecular flexibility index (Phi) is 5.93. The van der Waals surface area contributed by atoms with Crippen LogP contribution in [0.3, 0.4) is 0 Å². The summed E-state index contributed by atoms with van der Waals surface area (Å²) in [5, 5.41) is 14.1. The van der Waals surface area contributed by atoms with Crippen molar-refractivity contribution >= 4 is 11.8 Å². The summed E-state index contributed by atoms with van der Waals surface area (Å²) in [7, 11) is 0. The first-order valence-electron chi connectivity index (χ1n) is 5.06. The number of rotatable bonds is 5. The summed E-state index contributed by atoms with van der Waals surface area (Å²) < 4.78 is 0. The number of nitrogens with one attached hydrogen (secondary N) is 2. The Morgan fingerprint density at radius 1 is 1.20 bits per heavy atom. The van der Waals surface area contributed by atoms with Gasteiger partial charge < -0.3 is 15.7 Å². The van der Waals surface area contributed by atoms with Crippen LogP contribution in [0.15, 0.2) is 0 Å². The molecule has 5 nitrogen and oxygen atoms in total. The average Bonchev–Trinajstić information content (AvgIpc) is 2.15. The van der Waals surface area contributed by atoms with E-state index in [1.165, 1.54) is 6.92 Å². The number of hydrogen-bond acceptors (Lipinski definition) is 3. The van der Waals surface area contributed by atoms with Crippen molar-refractivity contribution in [2.24, 2.45) is 5.92 Å². The quantitative estimate of drug-likeness (QED) is 0.587. The molecule has 0 aromatic rings. The normalized spacial score (nSPS) is 16.3. The SMILES string of the molecule is CC(=O)NC(C)C(=O)NC(C)C(C)CO. The Hall–Kier alpha value is -1.10. The summed E-state index contributed by atoms with van der Waals surface area (Å²) >= 11 is 0. The molecular formula is C10H20N2O3. The molecule has 0 aliphatic carbocycles. The maximum absolute atomic E-state index is 11.5. The van der Waals surface area contributed by atoms with Crippen molar-refractivity contribution in [3.8, 4) is 0 Å². The van der Waals surface area contributed by atoms with Gasteiger partial charge in [-0.15, -0.1) is 0 Å². The fraction of sp³-hybridized carbons (Fsp3) is 0.800. The summed E-state index contributed by atoms with van der Waals surface area (Å²) in [4.78, 5) is 22.2. The first-order chi connectivity index (χ1) is 6.88. The van der Waals surface area contributed by atoms with E-state index in [2.05, 4.69) is 10.6 Å². The Balaban J connectivity index is 4.06. The van der Waals surface area contributed by atoms with Gasteiger partial charge in [-0.25, -0.2) is 0 Å². The molecule has 2 amide bonds. The van der Waals surface area contributed by atoms with Crippen LogP contribution in [-0.4, -0.2) is 35.6 Å².